The second kappa shape index (κ2) is 4.28. The summed E-state index contributed by atoms with van der Waals surface area (Å²) in [5.41, 5.74) is 0.510. The van der Waals surface area contributed by atoms with Crippen LogP contribution in [-0.2, 0) is 15.4 Å². The van der Waals surface area contributed by atoms with E-state index in [1.54, 1.807) is 6.20 Å². The highest BCUT2D eigenvalue weighted by Gasteiger charge is 2.51. The van der Waals surface area contributed by atoms with Gasteiger partial charge in [0.1, 0.15) is 5.60 Å². The number of rotatable bonds is 1. The highest BCUT2D eigenvalue weighted by Crippen LogP contribution is 2.46. The lowest BCUT2D eigenvalue weighted by Gasteiger charge is -2.43. The lowest BCUT2D eigenvalue weighted by molar-refractivity contribution is 0.000395. The minimum absolute atomic E-state index is 0.295. The van der Waals surface area contributed by atoms with E-state index >= 15 is 0 Å². The first-order valence-electron chi connectivity index (χ1n) is 6.81. The number of fused-ring (bicyclic) bond motifs is 2. The van der Waals surface area contributed by atoms with Crippen molar-refractivity contribution in [3.05, 3.63) is 29.6 Å². The molecule has 4 nitrogen and oxygen atoms in total. The molecule has 19 heavy (non-hydrogen) atoms. The van der Waals surface area contributed by atoms with Crippen molar-refractivity contribution in [2.24, 2.45) is 0 Å². The molecule has 2 saturated heterocycles. The highest BCUT2D eigenvalue weighted by molar-refractivity contribution is 7.92. The van der Waals surface area contributed by atoms with Gasteiger partial charge in [0.2, 0.25) is 0 Å². The molecule has 2 unspecified atom stereocenters. The van der Waals surface area contributed by atoms with E-state index in [1.807, 2.05) is 19.1 Å². The number of pyridine rings is 1. The Labute approximate surface area is 113 Å². The second-order valence-electron chi connectivity index (χ2n) is 5.87. The lowest BCUT2D eigenvalue weighted by atomic mass is 9.81. The van der Waals surface area contributed by atoms with Gasteiger partial charge in [-0.05, 0) is 44.2 Å². The Kier molecular flexibility index (Phi) is 2.94. The molecule has 0 spiro atoms. The molecule has 1 aromatic heterocycles. The van der Waals surface area contributed by atoms with Gasteiger partial charge in [0.15, 0.2) is 9.84 Å². The van der Waals surface area contributed by atoms with Crippen LogP contribution in [0.15, 0.2) is 18.3 Å². The Bertz CT molecular complexity index is 576. The Morgan fingerprint density at radius 1 is 1.32 bits per heavy atom. The lowest BCUT2D eigenvalue weighted by Crippen LogP contribution is -2.50. The molecule has 2 aliphatic heterocycles. The zero-order chi connectivity index (χ0) is 13.7. The fraction of sp³-hybridized carbons (Fsp3) is 0.643. The van der Waals surface area contributed by atoms with Crippen molar-refractivity contribution < 1.29 is 13.5 Å². The Balaban J connectivity index is 2.02. The number of aliphatic hydroxyl groups is 1. The molecule has 0 radical (unpaired) electrons. The van der Waals surface area contributed by atoms with Crippen molar-refractivity contribution in [1.82, 2.24) is 4.98 Å². The van der Waals surface area contributed by atoms with E-state index in [9.17, 15) is 13.5 Å². The van der Waals surface area contributed by atoms with Gasteiger partial charge >= 0.3 is 0 Å². The van der Waals surface area contributed by atoms with Crippen LogP contribution < -0.4 is 0 Å². The van der Waals surface area contributed by atoms with Gasteiger partial charge in [0.25, 0.3) is 0 Å². The van der Waals surface area contributed by atoms with Gasteiger partial charge in [-0.25, -0.2) is 8.42 Å². The van der Waals surface area contributed by atoms with Crippen LogP contribution in [0.25, 0.3) is 0 Å². The van der Waals surface area contributed by atoms with Gasteiger partial charge in [0, 0.05) is 6.20 Å². The molecular formula is C14H19NO3S. The van der Waals surface area contributed by atoms with Gasteiger partial charge in [0.05, 0.1) is 16.2 Å². The fourth-order valence-corrected chi connectivity index (χ4v) is 6.16. The van der Waals surface area contributed by atoms with Crippen molar-refractivity contribution in [2.45, 2.75) is 55.1 Å². The average Bonchev–Trinajstić information content (AvgIpc) is 2.32. The molecule has 1 N–H and O–H groups in total. The third-order valence-corrected chi connectivity index (χ3v) is 7.23. The standard InChI is InChI=1S/C14H19NO3S/c1-10-4-3-7-15-13(10)14(16)8-11-5-2-6-12(9-14)19(11,17)18/h3-4,7,11-12,16H,2,5-6,8-9H2,1H3. The van der Waals surface area contributed by atoms with Crippen LogP contribution in [0.3, 0.4) is 0 Å². The summed E-state index contributed by atoms with van der Waals surface area (Å²) in [6, 6.07) is 3.75. The molecule has 5 heteroatoms. The predicted molar refractivity (Wildman–Crippen MR) is 72.5 cm³/mol. The number of sulfone groups is 1. The Hall–Kier alpha value is -0.940. The van der Waals surface area contributed by atoms with Crippen LogP contribution in [0, 0.1) is 6.92 Å². The molecule has 3 rings (SSSR count). The number of nitrogens with zero attached hydrogens (tertiary/aromatic N) is 1. The summed E-state index contributed by atoms with van der Waals surface area (Å²) < 4.78 is 24.5. The van der Waals surface area contributed by atoms with Crippen molar-refractivity contribution in [3.63, 3.8) is 0 Å². The molecule has 0 aliphatic carbocycles. The maximum absolute atomic E-state index is 12.3. The molecule has 2 aliphatic rings. The van der Waals surface area contributed by atoms with Crippen LogP contribution in [0.1, 0.15) is 43.4 Å². The third kappa shape index (κ3) is 1.99. The van der Waals surface area contributed by atoms with Crippen molar-refractivity contribution >= 4 is 9.84 Å². The van der Waals surface area contributed by atoms with Crippen LogP contribution in [0.2, 0.25) is 0 Å². The Morgan fingerprint density at radius 3 is 2.53 bits per heavy atom. The first kappa shape index (κ1) is 13.1. The first-order valence-corrected chi connectivity index (χ1v) is 8.42. The topological polar surface area (TPSA) is 67.3 Å². The second-order valence-corrected chi connectivity index (χ2v) is 8.38. The molecule has 1 aromatic rings. The Morgan fingerprint density at radius 2 is 1.95 bits per heavy atom. The zero-order valence-electron chi connectivity index (χ0n) is 11.0. The molecule has 2 fully saturated rings. The van der Waals surface area contributed by atoms with Crippen LogP contribution in [-0.4, -0.2) is 29.0 Å². The molecule has 0 aromatic carbocycles. The summed E-state index contributed by atoms with van der Waals surface area (Å²) in [6.45, 7) is 1.92. The molecule has 104 valence electrons. The fourth-order valence-electron chi connectivity index (χ4n) is 3.61. The summed E-state index contributed by atoms with van der Waals surface area (Å²) in [4.78, 5) is 4.30. The van der Waals surface area contributed by atoms with E-state index in [1.165, 1.54) is 0 Å². The van der Waals surface area contributed by atoms with Gasteiger partial charge in [-0.3, -0.25) is 4.98 Å². The van der Waals surface area contributed by atoms with E-state index in [2.05, 4.69) is 4.98 Å². The molecule has 0 saturated carbocycles. The largest absolute Gasteiger partial charge is 0.383 e. The van der Waals surface area contributed by atoms with Crippen molar-refractivity contribution in [2.75, 3.05) is 0 Å². The summed E-state index contributed by atoms with van der Waals surface area (Å²) in [6.07, 6.45) is 4.55. The zero-order valence-corrected chi connectivity index (χ0v) is 11.9. The average molecular weight is 281 g/mol. The smallest absolute Gasteiger partial charge is 0.156 e. The molecule has 3 heterocycles. The molecule has 2 bridgehead atoms. The molecular weight excluding hydrogens is 262 g/mol. The summed E-state index contributed by atoms with van der Waals surface area (Å²) in [5, 5.41) is 10.1. The van der Waals surface area contributed by atoms with E-state index in [-0.39, 0.29) is 0 Å². The van der Waals surface area contributed by atoms with Gasteiger partial charge in [-0.15, -0.1) is 0 Å². The van der Waals surface area contributed by atoms with Crippen LogP contribution in [0.5, 0.6) is 0 Å². The minimum atomic E-state index is -3.05. The summed E-state index contributed by atoms with van der Waals surface area (Å²) >= 11 is 0. The van der Waals surface area contributed by atoms with E-state index < -0.39 is 25.9 Å². The monoisotopic (exact) mass is 281 g/mol. The van der Waals surface area contributed by atoms with Crippen LogP contribution in [0.4, 0.5) is 0 Å². The predicted octanol–water partition coefficient (Wildman–Crippen LogP) is 1.71. The third-order valence-electron chi connectivity index (χ3n) is 4.56. The van der Waals surface area contributed by atoms with Crippen molar-refractivity contribution in [3.8, 4) is 0 Å². The molecule has 2 atom stereocenters. The van der Waals surface area contributed by atoms with Crippen molar-refractivity contribution in [1.29, 1.82) is 0 Å². The number of hydrogen-bond donors (Lipinski definition) is 1. The van der Waals surface area contributed by atoms with Gasteiger partial charge in [-0.2, -0.15) is 0 Å². The quantitative estimate of drug-likeness (QED) is 0.851. The number of aryl methyl sites for hydroxylation is 1. The number of aromatic nitrogens is 1. The van der Waals surface area contributed by atoms with E-state index in [4.69, 9.17) is 0 Å². The SMILES string of the molecule is Cc1cccnc1C1(O)CC2CCCC(C1)S2(=O)=O. The van der Waals surface area contributed by atoms with E-state index in [0.717, 1.165) is 12.0 Å². The maximum Gasteiger partial charge on any atom is 0.156 e. The van der Waals surface area contributed by atoms with E-state index in [0.29, 0.717) is 31.4 Å². The minimum Gasteiger partial charge on any atom is -0.383 e. The first-order chi connectivity index (χ1) is 8.93. The highest BCUT2D eigenvalue weighted by atomic mass is 32.2. The normalized spacial score (nSPS) is 36.9. The summed E-state index contributed by atoms with van der Waals surface area (Å²) in [7, 11) is -3.05. The van der Waals surface area contributed by atoms with Gasteiger partial charge in [-0.1, -0.05) is 12.5 Å². The summed E-state index contributed by atoms with van der Waals surface area (Å²) in [5.74, 6) is 0. The number of hydrogen-bond acceptors (Lipinski definition) is 4. The van der Waals surface area contributed by atoms with Crippen LogP contribution >= 0.6 is 0 Å². The van der Waals surface area contributed by atoms with Gasteiger partial charge < -0.3 is 5.11 Å². The maximum atomic E-state index is 12.3. The molecule has 0 amide bonds.